The first-order chi connectivity index (χ1) is 22.6. The van der Waals surface area contributed by atoms with Crippen molar-refractivity contribution < 1.29 is 0 Å². The molecule has 3 heterocycles. The second-order valence-corrected chi connectivity index (χ2v) is 15.6. The lowest BCUT2D eigenvalue weighted by molar-refractivity contribution is 1.10. The summed E-state index contributed by atoms with van der Waals surface area (Å²) in [5.74, 6) is 1.60. The normalized spacial score (nSPS) is 13.9. The third-order valence-electron chi connectivity index (χ3n) is 9.09. The number of aromatic nitrogens is 4. The molecule has 0 saturated carbocycles. The zero-order chi connectivity index (χ0) is 30.8. The average molecular weight is 611 g/mol. The van der Waals surface area contributed by atoms with Gasteiger partial charge in [-0.25, -0.2) is 15.0 Å². The van der Waals surface area contributed by atoms with E-state index in [1.807, 2.05) is 12.1 Å². The van der Waals surface area contributed by atoms with Crippen LogP contribution in [0.3, 0.4) is 0 Å². The lowest BCUT2D eigenvalue weighted by atomic mass is 9.98. The van der Waals surface area contributed by atoms with E-state index in [1.54, 1.807) is 0 Å². The minimum Gasteiger partial charge on any atom is -0.292 e. The molecule has 6 aromatic carbocycles. The second kappa shape index (κ2) is 10.3. The van der Waals surface area contributed by atoms with Gasteiger partial charge in [0.2, 0.25) is 0 Å². The number of hydrogen-bond acceptors (Lipinski definition) is 3. The van der Waals surface area contributed by atoms with E-state index in [0.29, 0.717) is 5.82 Å². The molecule has 0 spiro atoms. The van der Waals surface area contributed by atoms with E-state index in [0.717, 1.165) is 55.8 Å². The molecule has 0 bridgehead atoms. The molecule has 0 fully saturated rings. The van der Waals surface area contributed by atoms with Gasteiger partial charge >= 0.3 is 0 Å². The van der Waals surface area contributed by atoms with Crippen molar-refractivity contribution in [3.63, 3.8) is 0 Å². The van der Waals surface area contributed by atoms with Crippen molar-refractivity contribution in [2.24, 2.45) is 0 Å². The Morgan fingerprint density at radius 3 is 2.09 bits per heavy atom. The van der Waals surface area contributed by atoms with Gasteiger partial charge in [0.15, 0.2) is 5.82 Å². The van der Waals surface area contributed by atoms with Crippen molar-refractivity contribution in [1.29, 1.82) is 0 Å². The maximum atomic E-state index is 5.40. The fourth-order valence-electron chi connectivity index (χ4n) is 6.90. The van der Waals surface area contributed by atoms with Crippen molar-refractivity contribution >= 4 is 32.0 Å². The monoisotopic (exact) mass is 610 g/mol. The molecule has 1 aliphatic heterocycles. The van der Waals surface area contributed by atoms with E-state index in [1.165, 1.54) is 20.9 Å². The van der Waals surface area contributed by atoms with Gasteiger partial charge in [-0.1, -0.05) is 97.1 Å². The number of imidazole rings is 1. The number of fused-ring (bicyclic) bond motifs is 6. The zero-order valence-electron chi connectivity index (χ0n) is 25.6. The molecule has 0 unspecified atom stereocenters. The van der Waals surface area contributed by atoms with Gasteiger partial charge in [-0.2, -0.15) is 10.0 Å². The van der Waals surface area contributed by atoms with Crippen LogP contribution in [0.5, 0.6) is 0 Å². The van der Waals surface area contributed by atoms with Crippen LogP contribution in [0.25, 0.3) is 72.8 Å². The van der Waals surface area contributed by atoms with E-state index < -0.39 is 10.0 Å². The molecule has 0 saturated heterocycles. The fourth-order valence-corrected chi connectivity index (χ4v) is 9.40. The molecule has 0 N–H and O–H groups in total. The topological polar surface area (TPSA) is 43.6 Å². The molecule has 5 heteroatoms. The third kappa shape index (κ3) is 4.05. The number of para-hydroxylation sites is 3. The molecular formula is C41H30N4S. The van der Waals surface area contributed by atoms with Gasteiger partial charge in [0.05, 0.1) is 22.2 Å². The molecule has 46 heavy (non-hydrogen) atoms. The Bertz CT molecular complexity index is 2450. The number of hydrogen-bond donors (Lipinski definition) is 0. The molecule has 8 aromatic rings. The number of rotatable bonds is 4. The van der Waals surface area contributed by atoms with Crippen LogP contribution in [0.4, 0.5) is 0 Å². The lowest BCUT2D eigenvalue weighted by Crippen LogP contribution is -1.99. The summed E-state index contributed by atoms with van der Waals surface area (Å²) in [6.07, 6.45) is 4.79. The first-order valence-corrected chi connectivity index (χ1v) is 17.9. The Morgan fingerprint density at radius 2 is 1.24 bits per heavy atom. The minimum absolute atomic E-state index is 0.709. The summed E-state index contributed by atoms with van der Waals surface area (Å²) in [6, 6.07) is 51.1. The maximum Gasteiger partial charge on any atom is 0.160 e. The standard InChI is InChI=1S/C41H30N4S/c1-46(2)35-23-12-9-20-31(35)37-36(46)25-24-32-38(27-14-5-3-6-15-27)43-40(44-39(32)37)28-16-13-17-29(26-28)41-42-33-21-10-11-22-34(33)45(41)30-18-7-4-8-19-30/h3-26H,1-2H3. The highest BCUT2D eigenvalue weighted by molar-refractivity contribution is 8.33. The van der Waals surface area contributed by atoms with E-state index in [2.05, 4.69) is 151 Å². The summed E-state index contributed by atoms with van der Waals surface area (Å²) >= 11 is 0. The Morgan fingerprint density at radius 1 is 0.543 bits per heavy atom. The van der Waals surface area contributed by atoms with E-state index in [9.17, 15) is 0 Å². The average Bonchev–Trinajstić information content (AvgIpc) is 3.62. The summed E-state index contributed by atoms with van der Waals surface area (Å²) in [5.41, 5.74) is 10.6. The Labute approximate surface area is 269 Å². The molecule has 2 aromatic heterocycles. The lowest BCUT2D eigenvalue weighted by Gasteiger charge is -2.28. The van der Waals surface area contributed by atoms with Crippen LogP contribution in [0.15, 0.2) is 155 Å². The van der Waals surface area contributed by atoms with Gasteiger partial charge in [-0.05, 0) is 66.6 Å². The van der Waals surface area contributed by atoms with Gasteiger partial charge in [0, 0.05) is 43.1 Å². The van der Waals surface area contributed by atoms with Gasteiger partial charge in [0.25, 0.3) is 0 Å². The summed E-state index contributed by atoms with van der Waals surface area (Å²) in [5, 5.41) is 1.07. The number of benzene rings is 6. The van der Waals surface area contributed by atoms with Crippen LogP contribution in [0, 0.1) is 0 Å². The molecule has 0 atom stereocenters. The van der Waals surface area contributed by atoms with E-state index in [4.69, 9.17) is 15.0 Å². The number of nitrogens with zero attached hydrogens (tertiary/aromatic N) is 4. The van der Waals surface area contributed by atoms with Crippen molar-refractivity contribution in [2.45, 2.75) is 9.79 Å². The summed E-state index contributed by atoms with van der Waals surface area (Å²) in [7, 11) is -1.17. The Hall–Kier alpha value is -5.52. The minimum atomic E-state index is -1.17. The van der Waals surface area contributed by atoms with Crippen LogP contribution in [0.1, 0.15) is 0 Å². The summed E-state index contributed by atoms with van der Waals surface area (Å²) in [6.45, 7) is 0. The summed E-state index contributed by atoms with van der Waals surface area (Å²) in [4.78, 5) is 18.6. The molecular weight excluding hydrogens is 581 g/mol. The predicted molar refractivity (Wildman–Crippen MR) is 192 cm³/mol. The van der Waals surface area contributed by atoms with Crippen molar-refractivity contribution in [3.05, 3.63) is 146 Å². The SMILES string of the molecule is CS1(C)c2ccccc2-c2c1ccc1c(-c3ccccc3)nc(-c3cccc(-c4nc5ccccc5n4-c4ccccc4)c3)nc21. The molecule has 4 nitrogen and oxygen atoms in total. The Balaban J connectivity index is 1.30. The third-order valence-corrected chi connectivity index (χ3v) is 12.0. The van der Waals surface area contributed by atoms with Crippen molar-refractivity contribution in [3.8, 4) is 50.8 Å². The Kier molecular flexibility index (Phi) is 5.99. The quantitative estimate of drug-likeness (QED) is 0.199. The summed E-state index contributed by atoms with van der Waals surface area (Å²) < 4.78 is 2.24. The predicted octanol–water partition coefficient (Wildman–Crippen LogP) is 10.4. The first kappa shape index (κ1) is 26.8. The van der Waals surface area contributed by atoms with Crippen molar-refractivity contribution in [2.75, 3.05) is 12.5 Å². The van der Waals surface area contributed by atoms with E-state index in [-0.39, 0.29) is 0 Å². The molecule has 0 radical (unpaired) electrons. The molecule has 0 amide bonds. The molecule has 220 valence electrons. The fraction of sp³-hybridized carbons (Fsp3) is 0.0488. The van der Waals surface area contributed by atoms with Crippen LogP contribution >= 0.6 is 10.0 Å². The molecule has 1 aliphatic rings. The van der Waals surface area contributed by atoms with Crippen LogP contribution in [0.2, 0.25) is 0 Å². The van der Waals surface area contributed by atoms with Gasteiger partial charge < -0.3 is 0 Å². The maximum absolute atomic E-state index is 5.40. The van der Waals surface area contributed by atoms with Crippen LogP contribution in [-0.4, -0.2) is 32.0 Å². The highest BCUT2D eigenvalue weighted by atomic mass is 32.3. The van der Waals surface area contributed by atoms with Crippen molar-refractivity contribution in [1.82, 2.24) is 19.5 Å². The highest BCUT2D eigenvalue weighted by Gasteiger charge is 2.34. The largest absolute Gasteiger partial charge is 0.292 e. The van der Waals surface area contributed by atoms with Gasteiger partial charge in [0.1, 0.15) is 5.82 Å². The van der Waals surface area contributed by atoms with Gasteiger partial charge in [-0.3, -0.25) is 4.57 Å². The zero-order valence-corrected chi connectivity index (χ0v) is 26.4. The second-order valence-electron chi connectivity index (χ2n) is 12.1. The highest BCUT2D eigenvalue weighted by Crippen LogP contribution is 2.68. The smallest absolute Gasteiger partial charge is 0.160 e. The van der Waals surface area contributed by atoms with Gasteiger partial charge in [-0.15, -0.1) is 0 Å². The molecule has 0 aliphatic carbocycles. The van der Waals surface area contributed by atoms with Crippen LogP contribution < -0.4 is 0 Å². The van der Waals surface area contributed by atoms with Crippen LogP contribution in [-0.2, 0) is 0 Å². The molecule has 9 rings (SSSR count). The van der Waals surface area contributed by atoms with E-state index >= 15 is 0 Å². The first-order valence-electron chi connectivity index (χ1n) is 15.4.